The number of rotatable bonds is 3. The Bertz CT molecular complexity index is 786. The first-order chi connectivity index (χ1) is 10.4. The summed E-state index contributed by atoms with van der Waals surface area (Å²) >= 11 is 0. The molecule has 0 saturated carbocycles. The quantitative estimate of drug-likeness (QED) is 0.785. The van der Waals surface area contributed by atoms with Crippen LogP contribution < -0.4 is 14.8 Å². The monoisotopic (exact) mass is 283 g/mol. The van der Waals surface area contributed by atoms with Crippen LogP contribution in [0.25, 0.3) is 5.65 Å². The third kappa shape index (κ3) is 2.33. The van der Waals surface area contributed by atoms with E-state index < -0.39 is 0 Å². The van der Waals surface area contributed by atoms with Gasteiger partial charge < -0.3 is 14.8 Å². The number of benzene rings is 1. The van der Waals surface area contributed by atoms with Crippen LogP contribution in [0.3, 0.4) is 0 Å². The molecule has 0 aliphatic carbocycles. The number of fused-ring (bicyclic) bond motifs is 2. The topological polar surface area (TPSA) is 73.6 Å². The molecule has 0 atom stereocenters. The van der Waals surface area contributed by atoms with Crippen LogP contribution in [0.2, 0.25) is 0 Å². The van der Waals surface area contributed by atoms with E-state index >= 15 is 0 Å². The van der Waals surface area contributed by atoms with Gasteiger partial charge in [-0.1, -0.05) is 6.07 Å². The third-order valence-corrected chi connectivity index (χ3v) is 3.24. The van der Waals surface area contributed by atoms with Crippen LogP contribution in [-0.4, -0.2) is 33.0 Å². The van der Waals surface area contributed by atoms with Gasteiger partial charge in [0.1, 0.15) is 25.4 Å². The van der Waals surface area contributed by atoms with Crippen molar-refractivity contribution in [2.24, 2.45) is 0 Å². The fourth-order valence-electron chi connectivity index (χ4n) is 2.21. The van der Waals surface area contributed by atoms with Crippen molar-refractivity contribution in [1.29, 1.82) is 0 Å². The molecule has 0 amide bonds. The van der Waals surface area contributed by atoms with Gasteiger partial charge in [-0.3, -0.25) is 0 Å². The summed E-state index contributed by atoms with van der Waals surface area (Å²) in [6, 6.07) is 9.67. The van der Waals surface area contributed by atoms with Crippen LogP contribution in [0.15, 0.2) is 36.7 Å². The SMILES string of the molecule is c1cc2c(cc1CNc1ccc3nncn3n1)OCCO2. The lowest BCUT2D eigenvalue weighted by Gasteiger charge is -2.19. The van der Waals surface area contributed by atoms with Gasteiger partial charge in [0.2, 0.25) is 0 Å². The zero-order chi connectivity index (χ0) is 14.1. The number of nitrogens with zero attached hydrogens (tertiary/aromatic N) is 4. The van der Waals surface area contributed by atoms with Crippen molar-refractivity contribution in [1.82, 2.24) is 19.8 Å². The second kappa shape index (κ2) is 4.93. The van der Waals surface area contributed by atoms with Crippen molar-refractivity contribution in [3.63, 3.8) is 0 Å². The number of hydrogen-bond acceptors (Lipinski definition) is 6. The Morgan fingerprint density at radius 1 is 1.10 bits per heavy atom. The van der Waals surface area contributed by atoms with E-state index in [0.717, 1.165) is 28.5 Å². The Hall–Kier alpha value is -2.83. The van der Waals surface area contributed by atoms with E-state index in [2.05, 4.69) is 20.6 Å². The molecule has 0 unspecified atom stereocenters. The third-order valence-electron chi connectivity index (χ3n) is 3.24. The highest BCUT2D eigenvalue weighted by molar-refractivity contribution is 5.46. The van der Waals surface area contributed by atoms with E-state index in [-0.39, 0.29) is 0 Å². The lowest BCUT2D eigenvalue weighted by atomic mass is 10.2. The molecule has 2 aromatic heterocycles. The van der Waals surface area contributed by atoms with E-state index in [1.54, 1.807) is 10.8 Å². The Morgan fingerprint density at radius 3 is 2.95 bits per heavy atom. The summed E-state index contributed by atoms with van der Waals surface area (Å²) < 4.78 is 12.7. The molecule has 0 radical (unpaired) electrons. The van der Waals surface area contributed by atoms with Gasteiger partial charge in [-0.2, -0.15) is 4.52 Å². The maximum Gasteiger partial charge on any atom is 0.177 e. The molecule has 0 saturated heterocycles. The lowest BCUT2D eigenvalue weighted by molar-refractivity contribution is 0.171. The van der Waals surface area contributed by atoms with Crippen LogP contribution in [-0.2, 0) is 6.54 Å². The Morgan fingerprint density at radius 2 is 2.00 bits per heavy atom. The van der Waals surface area contributed by atoms with Crippen LogP contribution in [0.1, 0.15) is 5.56 Å². The predicted molar refractivity (Wildman–Crippen MR) is 75.5 cm³/mol. The second-order valence-electron chi connectivity index (χ2n) is 4.68. The van der Waals surface area contributed by atoms with E-state index in [4.69, 9.17) is 9.47 Å². The summed E-state index contributed by atoms with van der Waals surface area (Å²) in [5, 5.41) is 15.3. The molecule has 4 rings (SSSR count). The van der Waals surface area contributed by atoms with Crippen LogP contribution in [0.5, 0.6) is 11.5 Å². The molecule has 7 nitrogen and oxygen atoms in total. The molecule has 1 N–H and O–H groups in total. The minimum Gasteiger partial charge on any atom is -0.486 e. The molecule has 0 fully saturated rings. The Kier molecular flexibility index (Phi) is 2.81. The van der Waals surface area contributed by atoms with Crippen LogP contribution in [0, 0.1) is 0 Å². The summed E-state index contributed by atoms with van der Waals surface area (Å²) in [6.45, 7) is 1.85. The first kappa shape index (κ1) is 12.0. The molecule has 1 aromatic carbocycles. The van der Waals surface area contributed by atoms with Crippen LogP contribution in [0.4, 0.5) is 5.82 Å². The summed E-state index contributed by atoms with van der Waals surface area (Å²) in [7, 11) is 0. The van der Waals surface area contributed by atoms with E-state index in [0.29, 0.717) is 19.8 Å². The van der Waals surface area contributed by atoms with Gasteiger partial charge in [-0.05, 0) is 29.8 Å². The zero-order valence-corrected chi connectivity index (χ0v) is 11.2. The summed E-state index contributed by atoms with van der Waals surface area (Å²) in [6.07, 6.45) is 1.57. The van der Waals surface area contributed by atoms with Gasteiger partial charge in [0.05, 0.1) is 0 Å². The van der Waals surface area contributed by atoms with E-state index in [1.165, 1.54) is 0 Å². The van der Waals surface area contributed by atoms with Gasteiger partial charge in [-0.25, -0.2) is 0 Å². The van der Waals surface area contributed by atoms with Gasteiger partial charge >= 0.3 is 0 Å². The van der Waals surface area contributed by atoms with Crippen LogP contribution >= 0.6 is 0 Å². The molecule has 3 heterocycles. The zero-order valence-electron chi connectivity index (χ0n) is 11.2. The predicted octanol–water partition coefficient (Wildman–Crippen LogP) is 1.51. The average molecular weight is 283 g/mol. The minimum atomic E-state index is 0.593. The molecule has 21 heavy (non-hydrogen) atoms. The largest absolute Gasteiger partial charge is 0.486 e. The number of nitrogens with one attached hydrogen (secondary N) is 1. The maximum atomic E-state index is 5.57. The summed E-state index contributed by atoms with van der Waals surface area (Å²) in [5.41, 5.74) is 1.82. The number of anilines is 1. The molecule has 3 aromatic rings. The highest BCUT2D eigenvalue weighted by atomic mass is 16.6. The second-order valence-corrected chi connectivity index (χ2v) is 4.68. The molecular formula is C14H13N5O2. The first-order valence-electron chi connectivity index (χ1n) is 6.68. The molecule has 1 aliphatic heterocycles. The molecule has 1 aliphatic rings. The molecule has 106 valence electrons. The minimum absolute atomic E-state index is 0.593. The number of ether oxygens (including phenoxy) is 2. The van der Waals surface area contributed by atoms with E-state index in [1.807, 2.05) is 30.3 Å². The van der Waals surface area contributed by atoms with E-state index in [9.17, 15) is 0 Å². The van der Waals surface area contributed by atoms with Crippen molar-refractivity contribution < 1.29 is 9.47 Å². The van der Waals surface area contributed by atoms with Gasteiger partial charge in [0.15, 0.2) is 17.1 Å². The number of hydrogen-bond donors (Lipinski definition) is 1. The lowest BCUT2D eigenvalue weighted by Crippen LogP contribution is -2.15. The fourth-order valence-corrected chi connectivity index (χ4v) is 2.21. The molecule has 0 spiro atoms. The fraction of sp³-hybridized carbons (Fsp3) is 0.214. The highest BCUT2D eigenvalue weighted by Crippen LogP contribution is 2.30. The average Bonchev–Trinajstić information content (AvgIpc) is 3.00. The molecule has 0 bridgehead atoms. The normalized spacial score (nSPS) is 13.3. The first-order valence-corrected chi connectivity index (χ1v) is 6.68. The molecule has 7 heteroatoms. The number of aromatic nitrogens is 4. The van der Waals surface area contributed by atoms with Gasteiger partial charge in [0, 0.05) is 6.54 Å². The van der Waals surface area contributed by atoms with Gasteiger partial charge in [0.25, 0.3) is 0 Å². The smallest absolute Gasteiger partial charge is 0.177 e. The molecular weight excluding hydrogens is 270 g/mol. The Labute approximate surface area is 120 Å². The Balaban J connectivity index is 1.50. The van der Waals surface area contributed by atoms with Crippen molar-refractivity contribution in [3.8, 4) is 11.5 Å². The maximum absolute atomic E-state index is 5.57. The van der Waals surface area contributed by atoms with Crippen molar-refractivity contribution in [2.45, 2.75) is 6.54 Å². The highest BCUT2D eigenvalue weighted by Gasteiger charge is 2.11. The summed E-state index contributed by atoms with van der Waals surface area (Å²) in [4.78, 5) is 0. The summed E-state index contributed by atoms with van der Waals surface area (Å²) in [5.74, 6) is 2.36. The van der Waals surface area contributed by atoms with Crippen molar-refractivity contribution in [3.05, 3.63) is 42.2 Å². The standard InChI is InChI=1S/C14H13N5O2/c1-2-11-12(21-6-5-20-11)7-10(1)8-15-13-3-4-14-17-16-9-19(14)18-13/h1-4,7,9H,5-6,8H2,(H,15,18). The van der Waals surface area contributed by atoms with Gasteiger partial charge in [-0.15, -0.1) is 15.3 Å². The van der Waals surface area contributed by atoms with Crippen molar-refractivity contribution >= 4 is 11.5 Å². The van der Waals surface area contributed by atoms with Crippen molar-refractivity contribution in [2.75, 3.05) is 18.5 Å².